The number of anilines is 1. The third kappa shape index (κ3) is 2.63. The van der Waals surface area contributed by atoms with Crippen LogP contribution in [0, 0.1) is 5.41 Å². The topological polar surface area (TPSA) is 62.2 Å². The summed E-state index contributed by atoms with van der Waals surface area (Å²) in [4.78, 5) is 15.7. The number of hydrogen-bond donors (Lipinski definition) is 2. The van der Waals surface area contributed by atoms with Gasteiger partial charge in [-0.15, -0.1) is 11.3 Å². The third-order valence-electron chi connectivity index (χ3n) is 3.47. The Bertz CT molecular complexity index is 423. The van der Waals surface area contributed by atoms with Crippen LogP contribution in [-0.2, 0) is 4.79 Å². The second-order valence-corrected chi connectivity index (χ2v) is 6.31. The van der Waals surface area contributed by atoms with Crippen LogP contribution in [0.3, 0.4) is 0 Å². The standard InChI is InChI=1S/C11H15BrN2O2S/c1-11(9(15)16)5-3-2-4-7(11)13-10-14-8(12)6-17-10/h6-7H,2-5H2,1H3,(H,13,14)(H,15,16). The van der Waals surface area contributed by atoms with Gasteiger partial charge in [0, 0.05) is 11.4 Å². The van der Waals surface area contributed by atoms with Crippen molar-refractivity contribution in [1.82, 2.24) is 4.98 Å². The molecular formula is C11H15BrN2O2S. The first-order valence-corrected chi connectivity index (χ1v) is 7.30. The van der Waals surface area contributed by atoms with Crippen LogP contribution in [0.4, 0.5) is 5.13 Å². The first kappa shape index (κ1) is 12.8. The molecule has 0 saturated heterocycles. The third-order valence-corrected chi connectivity index (χ3v) is 4.95. The molecule has 2 unspecified atom stereocenters. The Kier molecular flexibility index (Phi) is 3.73. The molecule has 1 saturated carbocycles. The summed E-state index contributed by atoms with van der Waals surface area (Å²) < 4.78 is 0.790. The van der Waals surface area contributed by atoms with Crippen molar-refractivity contribution < 1.29 is 9.90 Å². The molecule has 0 spiro atoms. The number of halogens is 1. The minimum absolute atomic E-state index is 0.0354. The minimum atomic E-state index is -0.717. The van der Waals surface area contributed by atoms with E-state index in [1.807, 2.05) is 12.3 Å². The molecule has 1 aromatic heterocycles. The summed E-state index contributed by atoms with van der Waals surface area (Å²) in [7, 11) is 0. The van der Waals surface area contributed by atoms with Gasteiger partial charge in [0.1, 0.15) is 4.60 Å². The molecule has 2 rings (SSSR count). The van der Waals surface area contributed by atoms with Crippen LogP contribution in [0.15, 0.2) is 9.98 Å². The predicted molar refractivity (Wildman–Crippen MR) is 71.4 cm³/mol. The molecule has 2 N–H and O–H groups in total. The Morgan fingerprint density at radius 2 is 2.47 bits per heavy atom. The Balaban J connectivity index is 2.14. The first-order valence-electron chi connectivity index (χ1n) is 5.63. The van der Waals surface area contributed by atoms with Crippen molar-refractivity contribution in [2.24, 2.45) is 5.41 Å². The Hall–Kier alpha value is -0.620. The van der Waals surface area contributed by atoms with E-state index in [0.29, 0.717) is 0 Å². The highest BCUT2D eigenvalue weighted by Gasteiger charge is 2.43. The van der Waals surface area contributed by atoms with Gasteiger partial charge in [0.15, 0.2) is 5.13 Å². The number of hydrogen-bond acceptors (Lipinski definition) is 4. The number of aliphatic carboxylic acids is 1. The number of nitrogens with one attached hydrogen (secondary N) is 1. The second-order valence-electron chi connectivity index (χ2n) is 4.64. The normalized spacial score (nSPS) is 28.9. The Morgan fingerprint density at radius 1 is 1.71 bits per heavy atom. The van der Waals surface area contributed by atoms with Crippen LogP contribution >= 0.6 is 27.3 Å². The maximum absolute atomic E-state index is 11.4. The first-order chi connectivity index (χ1) is 8.02. The number of rotatable bonds is 3. The summed E-state index contributed by atoms with van der Waals surface area (Å²) in [5.74, 6) is -0.717. The van der Waals surface area contributed by atoms with Crippen LogP contribution in [0.1, 0.15) is 32.6 Å². The van der Waals surface area contributed by atoms with Gasteiger partial charge in [-0.2, -0.15) is 0 Å². The van der Waals surface area contributed by atoms with Crippen LogP contribution in [0.2, 0.25) is 0 Å². The zero-order chi connectivity index (χ0) is 12.5. The van der Waals surface area contributed by atoms with Gasteiger partial charge in [0.25, 0.3) is 0 Å². The molecule has 1 aliphatic rings. The number of carboxylic acids is 1. The molecule has 0 bridgehead atoms. The average molecular weight is 319 g/mol. The predicted octanol–water partition coefficient (Wildman–Crippen LogP) is 3.35. The van der Waals surface area contributed by atoms with E-state index in [1.54, 1.807) is 0 Å². The molecule has 1 aromatic rings. The number of carboxylic acid groups (broad SMARTS) is 1. The summed E-state index contributed by atoms with van der Waals surface area (Å²) in [5, 5.41) is 15.3. The SMILES string of the molecule is CC1(C(=O)O)CCCCC1Nc1nc(Br)cs1. The molecule has 17 heavy (non-hydrogen) atoms. The fraction of sp³-hybridized carbons (Fsp3) is 0.636. The van der Waals surface area contributed by atoms with Crippen LogP contribution in [-0.4, -0.2) is 22.1 Å². The summed E-state index contributed by atoms with van der Waals surface area (Å²) in [6.45, 7) is 1.83. The lowest BCUT2D eigenvalue weighted by Crippen LogP contribution is -2.46. The number of nitrogens with zero attached hydrogens (tertiary/aromatic N) is 1. The van der Waals surface area contributed by atoms with Gasteiger partial charge >= 0.3 is 5.97 Å². The summed E-state index contributed by atoms with van der Waals surface area (Å²) in [6.07, 6.45) is 3.68. The van der Waals surface area contributed by atoms with Crippen molar-refractivity contribution in [1.29, 1.82) is 0 Å². The number of thiazole rings is 1. The van der Waals surface area contributed by atoms with Gasteiger partial charge in [-0.05, 0) is 35.7 Å². The maximum atomic E-state index is 11.4. The average Bonchev–Trinajstić information content (AvgIpc) is 2.67. The lowest BCUT2D eigenvalue weighted by Gasteiger charge is -2.38. The Morgan fingerprint density at radius 3 is 3.06 bits per heavy atom. The molecule has 6 heteroatoms. The van der Waals surface area contributed by atoms with E-state index in [-0.39, 0.29) is 6.04 Å². The van der Waals surface area contributed by atoms with E-state index in [0.717, 1.165) is 35.4 Å². The van der Waals surface area contributed by atoms with Crippen molar-refractivity contribution in [3.63, 3.8) is 0 Å². The second kappa shape index (κ2) is 4.94. The molecule has 1 fully saturated rings. The molecule has 1 heterocycles. The van der Waals surface area contributed by atoms with Crippen LogP contribution in [0.5, 0.6) is 0 Å². The summed E-state index contributed by atoms with van der Waals surface area (Å²) >= 11 is 4.79. The van der Waals surface area contributed by atoms with Crippen LogP contribution in [0.25, 0.3) is 0 Å². The van der Waals surface area contributed by atoms with E-state index in [2.05, 4.69) is 26.2 Å². The molecule has 0 aliphatic heterocycles. The lowest BCUT2D eigenvalue weighted by atomic mass is 9.72. The molecule has 0 aromatic carbocycles. The summed E-state index contributed by atoms with van der Waals surface area (Å²) in [5.41, 5.74) is -0.684. The van der Waals surface area contributed by atoms with Gasteiger partial charge in [-0.3, -0.25) is 4.79 Å². The molecule has 2 atom stereocenters. The monoisotopic (exact) mass is 318 g/mol. The van der Waals surface area contributed by atoms with E-state index in [1.165, 1.54) is 11.3 Å². The molecule has 0 radical (unpaired) electrons. The number of aromatic nitrogens is 1. The molecule has 0 amide bonds. The Labute approximate surface area is 113 Å². The molecule has 94 valence electrons. The van der Waals surface area contributed by atoms with Crippen LogP contribution < -0.4 is 5.32 Å². The maximum Gasteiger partial charge on any atom is 0.311 e. The van der Waals surface area contributed by atoms with Gasteiger partial charge in [0.05, 0.1) is 5.41 Å². The number of carbonyl (C=O) groups is 1. The smallest absolute Gasteiger partial charge is 0.311 e. The quantitative estimate of drug-likeness (QED) is 0.897. The van der Waals surface area contributed by atoms with Crippen molar-refractivity contribution >= 4 is 38.4 Å². The highest BCUT2D eigenvalue weighted by atomic mass is 79.9. The van der Waals surface area contributed by atoms with Crippen molar-refractivity contribution in [3.05, 3.63) is 9.98 Å². The molecular weight excluding hydrogens is 304 g/mol. The zero-order valence-electron chi connectivity index (χ0n) is 9.57. The van der Waals surface area contributed by atoms with E-state index < -0.39 is 11.4 Å². The minimum Gasteiger partial charge on any atom is -0.481 e. The highest BCUT2D eigenvalue weighted by Crippen LogP contribution is 2.38. The molecule has 4 nitrogen and oxygen atoms in total. The highest BCUT2D eigenvalue weighted by molar-refractivity contribution is 9.10. The van der Waals surface area contributed by atoms with Crippen molar-refractivity contribution in [2.45, 2.75) is 38.6 Å². The van der Waals surface area contributed by atoms with E-state index in [4.69, 9.17) is 0 Å². The summed E-state index contributed by atoms with van der Waals surface area (Å²) in [6, 6.07) is -0.0354. The van der Waals surface area contributed by atoms with Gasteiger partial charge in [-0.1, -0.05) is 12.8 Å². The van der Waals surface area contributed by atoms with Gasteiger partial charge in [-0.25, -0.2) is 4.98 Å². The molecule has 1 aliphatic carbocycles. The fourth-order valence-corrected chi connectivity index (χ4v) is 3.49. The lowest BCUT2D eigenvalue weighted by molar-refractivity contribution is -0.150. The van der Waals surface area contributed by atoms with Gasteiger partial charge in [0.2, 0.25) is 0 Å². The zero-order valence-corrected chi connectivity index (χ0v) is 12.0. The van der Waals surface area contributed by atoms with Crippen molar-refractivity contribution in [2.75, 3.05) is 5.32 Å². The van der Waals surface area contributed by atoms with Gasteiger partial charge < -0.3 is 10.4 Å². The van der Waals surface area contributed by atoms with E-state index >= 15 is 0 Å². The fourth-order valence-electron chi connectivity index (χ4n) is 2.29. The van der Waals surface area contributed by atoms with Crippen molar-refractivity contribution in [3.8, 4) is 0 Å². The van der Waals surface area contributed by atoms with E-state index in [9.17, 15) is 9.90 Å². The largest absolute Gasteiger partial charge is 0.481 e.